The standard InChI is InChI=1S/C23H30N2O5/c1-2-29-22(28)30-19-5-3-18(4-6-19)20(26)24-7-8-25-21(27)23-12-15-9-16(13-23)11-17(10-15)14-23/h3-6,15-17H,2,7-14H2,1H3,(H,24,26)(H,25,27). The molecule has 0 heterocycles. The molecule has 2 amide bonds. The largest absolute Gasteiger partial charge is 0.513 e. The lowest BCUT2D eigenvalue weighted by Gasteiger charge is -2.55. The van der Waals surface area contributed by atoms with Gasteiger partial charge in [-0.1, -0.05) is 0 Å². The monoisotopic (exact) mass is 414 g/mol. The van der Waals surface area contributed by atoms with Crippen molar-refractivity contribution in [2.24, 2.45) is 23.2 Å². The fraction of sp³-hybridized carbons (Fsp3) is 0.609. The van der Waals surface area contributed by atoms with Gasteiger partial charge >= 0.3 is 6.16 Å². The highest BCUT2D eigenvalue weighted by atomic mass is 16.7. The second-order valence-electron chi connectivity index (χ2n) is 9.02. The Morgan fingerprint density at radius 2 is 1.50 bits per heavy atom. The number of amides is 2. The third kappa shape index (κ3) is 4.45. The van der Waals surface area contributed by atoms with Crippen molar-refractivity contribution in [2.75, 3.05) is 19.7 Å². The predicted octanol–water partition coefficient (Wildman–Crippen LogP) is 3.28. The molecule has 4 aliphatic carbocycles. The van der Waals surface area contributed by atoms with Gasteiger partial charge in [-0.3, -0.25) is 9.59 Å². The van der Waals surface area contributed by atoms with Crippen LogP contribution in [0.1, 0.15) is 55.8 Å². The maximum atomic E-state index is 12.9. The second-order valence-corrected chi connectivity index (χ2v) is 9.02. The van der Waals surface area contributed by atoms with E-state index >= 15 is 0 Å². The molecule has 0 aromatic heterocycles. The molecule has 1 aromatic rings. The Balaban J connectivity index is 1.20. The van der Waals surface area contributed by atoms with Crippen molar-refractivity contribution in [1.82, 2.24) is 10.6 Å². The van der Waals surface area contributed by atoms with Crippen LogP contribution in [0, 0.1) is 23.2 Å². The van der Waals surface area contributed by atoms with Gasteiger partial charge in [0.2, 0.25) is 5.91 Å². The van der Waals surface area contributed by atoms with Crippen LogP contribution in [-0.2, 0) is 9.53 Å². The number of nitrogens with one attached hydrogen (secondary N) is 2. The molecule has 0 spiro atoms. The number of carbonyl (C=O) groups is 3. The van der Waals surface area contributed by atoms with Crippen molar-refractivity contribution in [1.29, 1.82) is 0 Å². The van der Waals surface area contributed by atoms with E-state index in [4.69, 9.17) is 9.47 Å². The Hall–Kier alpha value is -2.57. The summed E-state index contributed by atoms with van der Waals surface area (Å²) in [6.45, 7) is 2.73. The summed E-state index contributed by atoms with van der Waals surface area (Å²) in [5.41, 5.74) is 0.298. The first-order valence-electron chi connectivity index (χ1n) is 11.0. The molecule has 0 unspecified atom stereocenters. The van der Waals surface area contributed by atoms with Crippen molar-refractivity contribution >= 4 is 18.0 Å². The third-order valence-corrected chi connectivity index (χ3v) is 6.80. The first-order chi connectivity index (χ1) is 14.5. The van der Waals surface area contributed by atoms with Gasteiger partial charge in [-0.25, -0.2) is 4.79 Å². The fourth-order valence-electron chi connectivity index (χ4n) is 5.95. The molecule has 0 radical (unpaired) electrons. The zero-order chi connectivity index (χ0) is 21.1. The molecule has 1 aromatic carbocycles. The van der Waals surface area contributed by atoms with Crippen LogP contribution >= 0.6 is 0 Å². The van der Waals surface area contributed by atoms with Crippen LogP contribution in [0.5, 0.6) is 5.75 Å². The lowest BCUT2D eigenvalue weighted by atomic mass is 9.49. The first-order valence-corrected chi connectivity index (χ1v) is 11.0. The summed E-state index contributed by atoms with van der Waals surface area (Å²) in [5, 5.41) is 5.89. The van der Waals surface area contributed by atoms with Crippen LogP contribution in [0.25, 0.3) is 0 Å². The summed E-state index contributed by atoms with van der Waals surface area (Å²) in [6.07, 6.45) is 6.28. The van der Waals surface area contributed by atoms with E-state index in [0.29, 0.717) is 24.4 Å². The van der Waals surface area contributed by atoms with Gasteiger partial charge in [0.25, 0.3) is 5.91 Å². The predicted molar refractivity (Wildman–Crippen MR) is 110 cm³/mol. The highest BCUT2D eigenvalue weighted by Gasteiger charge is 2.54. The highest BCUT2D eigenvalue weighted by molar-refractivity contribution is 5.94. The van der Waals surface area contributed by atoms with Crippen molar-refractivity contribution in [3.63, 3.8) is 0 Å². The number of carbonyl (C=O) groups excluding carboxylic acids is 3. The highest BCUT2D eigenvalue weighted by Crippen LogP contribution is 2.60. The Kier molecular flexibility index (Phi) is 5.97. The normalized spacial score (nSPS) is 28.6. The van der Waals surface area contributed by atoms with E-state index in [9.17, 15) is 14.4 Å². The van der Waals surface area contributed by atoms with E-state index in [0.717, 1.165) is 37.0 Å². The topological polar surface area (TPSA) is 93.7 Å². The average molecular weight is 415 g/mol. The minimum atomic E-state index is -0.774. The number of hydrogen-bond donors (Lipinski definition) is 2. The van der Waals surface area contributed by atoms with Crippen molar-refractivity contribution in [3.8, 4) is 5.75 Å². The molecule has 5 rings (SSSR count). The SMILES string of the molecule is CCOC(=O)Oc1ccc(C(=O)NCCNC(=O)C23CC4CC(CC(C4)C2)C3)cc1. The average Bonchev–Trinajstić information content (AvgIpc) is 2.70. The van der Waals surface area contributed by atoms with Crippen LogP contribution in [0.15, 0.2) is 24.3 Å². The van der Waals surface area contributed by atoms with Crippen molar-refractivity contribution in [3.05, 3.63) is 29.8 Å². The molecule has 4 aliphatic rings. The Morgan fingerprint density at radius 3 is 2.07 bits per heavy atom. The van der Waals surface area contributed by atoms with Gasteiger partial charge < -0.3 is 20.1 Å². The molecule has 7 nitrogen and oxygen atoms in total. The van der Waals surface area contributed by atoms with E-state index in [2.05, 4.69) is 10.6 Å². The molecular formula is C23H30N2O5. The van der Waals surface area contributed by atoms with E-state index < -0.39 is 6.16 Å². The fourth-order valence-corrected chi connectivity index (χ4v) is 5.95. The van der Waals surface area contributed by atoms with Gasteiger partial charge in [0.15, 0.2) is 0 Å². The first kappa shape index (κ1) is 20.7. The molecule has 4 bridgehead atoms. The summed E-state index contributed by atoms with van der Waals surface area (Å²) in [7, 11) is 0. The van der Waals surface area contributed by atoms with E-state index in [-0.39, 0.29) is 23.8 Å². The Bertz CT molecular complexity index is 769. The molecule has 0 atom stereocenters. The summed E-state index contributed by atoms with van der Waals surface area (Å²) in [6, 6.07) is 6.25. The maximum absolute atomic E-state index is 12.9. The van der Waals surface area contributed by atoms with Gasteiger partial charge in [-0.2, -0.15) is 0 Å². The zero-order valence-electron chi connectivity index (χ0n) is 17.4. The minimum absolute atomic E-state index is 0.159. The van der Waals surface area contributed by atoms with Crippen LogP contribution in [0.3, 0.4) is 0 Å². The van der Waals surface area contributed by atoms with Crippen LogP contribution in [0.2, 0.25) is 0 Å². The van der Waals surface area contributed by atoms with Crippen LogP contribution in [-0.4, -0.2) is 37.7 Å². The van der Waals surface area contributed by atoms with E-state index in [1.165, 1.54) is 19.3 Å². The lowest BCUT2D eigenvalue weighted by Crippen LogP contribution is -2.54. The maximum Gasteiger partial charge on any atom is 0.513 e. The molecule has 0 aliphatic heterocycles. The Morgan fingerprint density at radius 1 is 0.933 bits per heavy atom. The number of hydrogen-bond acceptors (Lipinski definition) is 5. The number of ether oxygens (including phenoxy) is 2. The van der Waals surface area contributed by atoms with Crippen molar-refractivity contribution in [2.45, 2.75) is 45.4 Å². The van der Waals surface area contributed by atoms with Gasteiger partial charge in [0.05, 0.1) is 6.61 Å². The molecule has 30 heavy (non-hydrogen) atoms. The molecular weight excluding hydrogens is 384 g/mol. The number of rotatable bonds is 7. The molecule has 4 saturated carbocycles. The van der Waals surface area contributed by atoms with Gasteiger partial charge in [-0.05, 0) is 87.5 Å². The quantitative estimate of drug-likeness (QED) is 0.406. The lowest BCUT2D eigenvalue weighted by molar-refractivity contribution is -0.146. The zero-order valence-corrected chi connectivity index (χ0v) is 17.4. The van der Waals surface area contributed by atoms with Crippen LogP contribution < -0.4 is 15.4 Å². The minimum Gasteiger partial charge on any atom is -0.434 e. The van der Waals surface area contributed by atoms with E-state index in [1.807, 2.05) is 0 Å². The molecule has 4 fully saturated rings. The summed E-state index contributed by atoms with van der Waals surface area (Å²) in [5.74, 6) is 2.46. The summed E-state index contributed by atoms with van der Waals surface area (Å²) in [4.78, 5) is 36.5. The van der Waals surface area contributed by atoms with Gasteiger partial charge in [0.1, 0.15) is 5.75 Å². The third-order valence-electron chi connectivity index (χ3n) is 6.80. The van der Waals surface area contributed by atoms with Gasteiger partial charge in [-0.15, -0.1) is 0 Å². The summed E-state index contributed by atoms with van der Waals surface area (Å²) < 4.78 is 9.68. The molecule has 0 saturated heterocycles. The second kappa shape index (κ2) is 8.66. The number of benzene rings is 1. The smallest absolute Gasteiger partial charge is 0.434 e. The Labute approximate surface area is 176 Å². The van der Waals surface area contributed by atoms with Crippen molar-refractivity contribution < 1.29 is 23.9 Å². The molecule has 2 N–H and O–H groups in total. The van der Waals surface area contributed by atoms with E-state index in [1.54, 1.807) is 31.2 Å². The molecule has 162 valence electrons. The molecule has 7 heteroatoms. The summed E-state index contributed by atoms with van der Waals surface area (Å²) >= 11 is 0. The van der Waals surface area contributed by atoms with Gasteiger partial charge in [0, 0.05) is 24.1 Å². The van der Waals surface area contributed by atoms with Crippen LogP contribution in [0.4, 0.5) is 4.79 Å².